The Morgan fingerprint density at radius 3 is 2.00 bits per heavy atom. The van der Waals surface area contributed by atoms with Gasteiger partial charge in [-0.15, -0.1) is 0 Å². The summed E-state index contributed by atoms with van der Waals surface area (Å²) < 4.78 is 0. The Labute approximate surface area is 137 Å². The summed E-state index contributed by atoms with van der Waals surface area (Å²) in [6.07, 6.45) is -5.27. The molecule has 0 saturated heterocycles. The average Bonchev–Trinajstić information content (AvgIpc) is 2.62. The number of rotatable bonds is 0. The Hall–Kier alpha value is -2.24. The minimum Gasteiger partial charge on any atom is -0.387 e. The van der Waals surface area contributed by atoms with E-state index in [1.54, 1.807) is 0 Å². The van der Waals surface area contributed by atoms with Gasteiger partial charge < -0.3 is 20.4 Å². The van der Waals surface area contributed by atoms with Crippen LogP contribution in [0.2, 0.25) is 0 Å². The maximum Gasteiger partial charge on any atom is 0.113 e. The minimum atomic E-state index is -1.41. The molecule has 4 atom stereocenters. The van der Waals surface area contributed by atoms with Crippen molar-refractivity contribution >= 4 is 32.3 Å². The number of aliphatic hydroxyl groups is 4. The molecule has 4 heteroatoms. The lowest BCUT2D eigenvalue weighted by atomic mass is 9.78. The molecular formula is C20H16O4. The van der Waals surface area contributed by atoms with Crippen LogP contribution in [0, 0.1) is 0 Å². The SMILES string of the molecule is OC1c2cc3ccc4cccc5ccc(c2C(O)[C@H](O)[C@@H]1O)c3c45. The molecule has 1 aliphatic rings. The number of fused-ring (bicyclic) bond motifs is 2. The van der Waals surface area contributed by atoms with E-state index in [-0.39, 0.29) is 0 Å². The van der Waals surface area contributed by atoms with Gasteiger partial charge in [-0.05, 0) is 49.5 Å². The van der Waals surface area contributed by atoms with E-state index in [0.29, 0.717) is 11.1 Å². The van der Waals surface area contributed by atoms with Crippen molar-refractivity contribution in [1.82, 2.24) is 0 Å². The summed E-state index contributed by atoms with van der Waals surface area (Å²) in [5, 5.41) is 47.1. The van der Waals surface area contributed by atoms with Gasteiger partial charge in [0.15, 0.2) is 0 Å². The quantitative estimate of drug-likeness (QED) is 0.375. The molecule has 4 aromatic carbocycles. The second-order valence-corrected chi connectivity index (χ2v) is 6.61. The lowest BCUT2D eigenvalue weighted by Gasteiger charge is -2.35. The van der Waals surface area contributed by atoms with Crippen molar-refractivity contribution in [1.29, 1.82) is 0 Å². The first kappa shape index (κ1) is 14.1. The molecule has 4 nitrogen and oxygen atoms in total. The van der Waals surface area contributed by atoms with E-state index in [1.165, 1.54) is 0 Å². The Morgan fingerprint density at radius 1 is 0.625 bits per heavy atom. The van der Waals surface area contributed by atoms with Gasteiger partial charge in [0.1, 0.15) is 24.4 Å². The van der Waals surface area contributed by atoms with Crippen molar-refractivity contribution in [3.63, 3.8) is 0 Å². The van der Waals surface area contributed by atoms with Gasteiger partial charge >= 0.3 is 0 Å². The molecular weight excluding hydrogens is 304 g/mol. The van der Waals surface area contributed by atoms with E-state index in [9.17, 15) is 20.4 Å². The third kappa shape index (κ3) is 1.61. The van der Waals surface area contributed by atoms with Crippen LogP contribution >= 0.6 is 0 Å². The molecule has 0 saturated carbocycles. The fourth-order valence-corrected chi connectivity index (χ4v) is 4.16. The van der Waals surface area contributed by atoms with Crippen LogP contribution in [0.25, 0.3) is 32.3 Å². The molecule has 120 valence electrons. The molecule has 0 spiro atoms. The highest BCUT2D eigenvalue weighted by atomic mass is 16.4. The first-order valence-corrected chi connectivity index (χ1v) is 8.00. The van der Waals surface area contributed by atoms with Crippen LogP contribution in [0.15, 0.2) is 48.5 Å². The van der Waals surface area contributed by atoms with Crippen molar-refractivity contribution in [3.8, 4) is 0 Å². The van der Waals surface area contributed by atoms with Crippen LogP contribution in [0.3, 0.4) is 0 Å². The standard InChI is InChI=1S/C20H16O4/c21-17-13-8-11-5-4-9-2-1-3-10-6-7-12(15(11)14(9)10)16(13)18(22)20(24)19(17)23/h1-8,17-24H/t17?,18?,19-,20+/m1/s1. The molecule has 4 N–H and O–H groups in total. The van der Waals surface area contributed by atoms with E-state index >= 15 is 0 Å². The number of hydrogen-bond acceptors (Lipinski definition) is 4. The second-order valence-electron chi connectivity index (χ2n) is 6.61. The first-order chi connectivity index (χ1) is 11.6. The highest BCUT2D eigenvalue weighted by Gasteiger charge is 2.41. The molecule has 24 heavy (non-hydrogen) atoms. The summed E-state index contributed by atoms with van der Waals surface area (Å²) in [7, 11) is 0. The smallest absolute Gasteiger partial charge is 0.113 e. The Kier molecular flexibility index (Phi) is 2.74. The maximum absolute atomic E-state index is 10.5. The van der Waals surface area contributed by atoms with E-state index in [1.807, 2.05) is 48.5 Å². The Morgan fingerprint density at radius 2 is 1.25 bits per heavy atom. The fraction of sp³-hybridized carbons (Fsp3) is 0.200. The summed E-state index contributed by atoms with van der Waals surface area (Å²) in [4.78, 5) is 0. The lowest BCUT2D eigenvalue weighted by Crippen LogP contribution is -2.41. The topological polar surface area (TPSA) is 80.9 Å². The van der Waals surface area contributed by atoms with Crippen LogP contribution < -0.4 is 0 Å². The lowest BCUT2D eigenvalue weighted by molar-refractivity contribution is -0.119. The van der Waals surface area contributed by atoms with Crippen molar-refractivity contribution in [2.75, 3.05) is 0 Å². The van der Waals surface area contributed by atoms with E-state index in [2.05, 4.69) is 0 Å². The van der Waals surface area contributed by atoms with Crippen molar-refractivity contribution < 1.29 is 20.4 Å². The molecule has 0 radical (unpaired) electrons. The predicted molar refractivity (Wildman–Crippen MR) is 92.1 cm³/mol. The zero-order chi connectivity index (χ0) is 16.6. The average molecular weight is 320 g/mol. The number of hydrogen-bond donors (Lipinski definition) is 4. The van der Waals surface area contributed by atoms with Crippen LogP contribution in [-0.4, -0.2) is 32.6 Å². The van der Waals surface area contributed by atoms with Crippen LogP contribution in [0.1, 0.15) is 23.3 Å². The maximum atomic E-state index is 10.5. The zero-order valence-corrected chi connectivity index (χ0v) is 12.7. The molecule has 4 aromatic rings. The van der Waals surface area contributed by atoms with E-state index < -0.39 is 24.4 Å². The molecule has 0 amide bonds. The zero-order valence-electron chi connectivity index (χ0n) is 12.7. The van der Waals surface area contributed by atoms with Crippen LogP contribution in [0.5, 0.6) is 0 Å². The van der Waals surface area contributed by atoms with Crippen LogP contribution in [0.4, 0.5) is 0 Å². The highest BCUT2D eigenvalue weighted by Crippen LogP contribution is 2.45. The molecule has 0 fully saturated rings. The first-order valence-electron chi connectivity index (χ1n) is 8.00. The largest absolute Gasteiger partial charge is 0.387 e. The van der Waals surface area contributed by atoms with Crippen molar-refractivity contribution in [2.24, 2.45) is 0 Å². The van der Waals surface area contributed by atoms with E-state index in [4.69, 9.17) is 0 Å². The van der Waals surface area contributed by atoms with Gasteiger partial charge in [-0.3, -0.25) is 0 Å². The monoisotopic (exact) mass is 320 g/mol. The molecule has 1 aliphatic carbocycles. The molecule has 0 bridgehead atoms. The Bertz CT molecular complexity index is 1070. The molecule has 2 unspecified atom stereocenters. The fourth-order valence-electron chi connectivity index (χ4n) is 4.16. The summed E-state index contributed by atoms with van der Waals surface area (Å²) in [6, 6.07) is 15.8. The molecule has 0 heterocycles. The van der Waals surface area contributed by atoms with Gasteiger partial charge in [0, 0.05) is 0 Å². The molecule has 0 aliphatic heterocycles. The van der Waals surface area contributed by atoms with Gasteiger partial charge in [-0.1, -0.05) is 42.5 Å². The Balaban J connectivity index is 2.01. The van der Waals surface area contributed by atoms with Crippen molar-refractivity contribution in [3.05, 3.63) is 59.7 Å². The predicted octanol–water partition coefficient (Wildman–Crippen LogP) is 2.39. The van der Waals surface area contributed by atoms with Crippen LogP contribution in [-0.2, 0) is 0 Å². The normalized spacial score (nSPS) is 27.2. The van der Waals surface area contributed by atoms with Gasteiger partial charge in [0.25, 0.3) is 0 Å². The summed E-state index contributed by atoms with van der Waals surface area (Å²) >= 11 is 0. The van der Waals surface area contributed by atoms with Gasteiger partial charge in [-0.25, -0.2) is 0 Å². The minimum absolute atomic E-state index is 0.478. The molecule has 0 aromatic heterocycles. The van der Waals surface area contributed by atoms with Gasteiger partial charge in [0.05, 0.1) is 0 Å². The van der Waals surface area contributed by atoms with Crippen molar-refractivity contribution in [2.45, 2.75) is 24.4 Å². The second kappa shape index (κ2) is 4.65. The van der Waals surface area contributed by atoms with E-state index in [0.717, 1.165) is 32.3 Å². The van der Waals surface area contributed by atoms with Gasteiger partial charge in [-0.2, -0.15) is 0 Å². The third-order valence-electron chi connectivity index (χ3n) is 5.33. The highest BCUT2D eigenvalue weighted by molar-refractivity contribution is 6.23. The summed E-state index contributed by atoms with van der Waals surface area (Å²) in [6.45, 7) is 0. The molecule has 5 rings (SSSR count). The number of aliphatic hydroxyl groups excluding tert-OH is 4. The third-order valence-corrected chi connectivity index (χ3v) is 5.33. The van der Waals surface area contributed by atoms with Gasteiger partial charge in [0.2, 0.25) is 0 Å². The summed E-state index contributed by atoms with van der Waals surface area (Å²) in [5.74, 6) is 0. The summed E-state index contributed by atoms with van der Waals surface area (Å²) in [5.41, 5.74) is 0.984. The number of benzene rings is 4.